The molecule has 77 heavy (non-hydrogen) atoms. The number of alkyl halides is 8. The van der Waals surface area contributed by atoms with Crippen molar-refractivity contribution < 1.29 is 93.9 Å². The van der Waals surface area contributed by atoms with E-state index >= 15 is 8.78 Å². The minimum absolute atomic E-state index is 0.171. The highest BCUT2D eigenvalue weighted by atomic mass is 35.5. The standard InChI is InChI=1S/C45H43ClF10N7O11PS2/c1-41(2,20-74-75(66,67)68)40(65)73-21-63(77(6,71)72)39-34-30(46)10-9-27(36(34)62(60-39)19-43(49,50)51)26-8-7-25(11-12-42(3,4)76(5,69)70)57-35(26)31(15-22-13-23(47)16-24(48)14-22)58-32(64)18-61-38-33(37(59-61)45(54,55)56)28-17-29(28)44(38,52)53/h7-10,13-14,16,28-29,31H,15,17-21H2,1-6H3,(H,58,64)(H2,66,67,68)/t28-,29+,31-/m0/s1. The number of anilines is 1. The largest absolute Gasteiger partial charge is 0.469 e. The second kappa shape index (κ2) is 20.1. The number of amides is 1. The lowest BCUT2D eigenvalue weighted by Gasteiger charge is -2.25. The molecule has 2 aromatic carbocycles. The van der Waals surface area contributed by atoms with Gasteiger partial charge in [0.05, 0.1) is 45.9 Å². The molecule has 3 aromatic heterocycles. The van der Waals surface area contributed by atoms with E-state index in [0.29, 0.717) is 12.3 Å². The van der Waals surface area contributed by atoms with Gasteiger partial charge in [-0.3, -0.25) is 23.5 Å². The van der Waals surface area contributed by atoms with E-state index in [4.69, 9.17) is 26.1 Å². The van der Waals surface area contributed by atoms with Crippen molar-refractivity contribution in [1.29, 1.82) is 0 Å². The lowest BCUT2D eigenvalue weighted by molar-refractivity contribution is -0.155. The van der Waals surface area contributed by atoms with E-state index in [-0.39, 0.29) is 36.9 Å². The van der Waals surface area contributed by atoms with Crippen molar-refractivity contribution in [1.82, 2.24) is 29.9 Å². The van der Waals surface area contributed by atoms with Crippen molar-refractivity contribution in [2.24, 2.45) is 11.3 Å². The quantitative estimate of drug-likeness (QED) is 0.0266. The van der Waals surface area contributed by atoms with Gasteiger partial charge in [0, 0.05) is 34.9 Å². The summed E-state index contributed by atoms with van der Waals surface area (Å²) in [6.07, 6.45) is -10.1. The minimum atomic E-state index is -5.25. The molecule has 32 heteroatoms. The average molecular weight is 1180 g/mol. The van der Waals surface area contributed by atoms with Crippen molar-refractivity contribution >= 4 is 67.9 Å². The van der Waals surface area contributed by atoms with E-state index in [1.165, 1.54) is 13.8 Å². The maximum absolute atomic E-state index is 15.6. The predicted octanol–water partition coefficient (Wildman–Crippen LogP) is 7.69. The molecule has 7 rings (SSSR count). The summed E-state index contributed by atoms with van der Waals surface area (Å²) in [5.41, 5.74) is -8.04. The third-order valence-corrected chi connectivity index (χ3v) is 16.2. The van der Waals surface area contributed by atoms with E-state index < -0.39 is 180 Å². The second-order valence-electron chi connectivity index (χ2n) is 19.3. The molecule has 0 unspecified atom stereocenters. The molecule has 3 N–H and O–H groups in total. The molecule has 1 fully saturated rings. The summed E-state index contributed by atoms with van der Waals surface area (Å²) in [6, 6.07) is 4.57. The normalized spacial score (nSPS) is 17.1. The first-order valence-corrected chi connectivity index (χ1v) is 27.9. The summed E-state index contributed by atoms with van der Waals surface area (Å²) in [5, 5.41) is 8.64. The van der Waals surface area contributed by atoms with Crippen LogP contribution in [-0.2, 0) is 74.9 Å². The molecule has 0 saturated heterocycles. The van der Waals surface area contributed by atoms with Crippen LogP contribution in [0.1, 0.15) is 80.0 Å². The number of rotatable bonds is 17. The Labute approximate surface area is 436 Å². The molecule has 0 radical (unpaired) electrons. The fourth-order valence-corrected chi connectivity index (χ4v) is 10.0. The van der Waals surface area contributed by atoms with E-state index in [0.717, 1.165) is 56.5 Å². The Hall–Kier alpha value is -5.83. The lowest BCUT2D eigenvalue weighted by atomic mass is 9.93. The number of aromatic nitrogens is 5. The van der Waals surface area contributed by atoms with Crippen molar-refractivity contribution in [2.75, 3.05) is 30.2 Å². The molecule has 0 bridgehead atoms. The van der Waals surface area contributed by atoms with Gasteiger partial charge in [0.15, 0.2) is 28.1 Å². The zero-order chi connectivity index (χ0) is 57.6. The van der Waals surface area contributed by atoms with E-state index in [2.05, 4.69) is 36.9 Å². The number of pyridine rings is 1. The van der Waals surface area contributed by atoms with Gasteiger partial charge in [0.1, 0.15) is 40.9 Å². The van der Waals surface area contributed by atoms with Crippen LogP contribution in [0.15, 0.2) is 42.5 Å². The zero-order valence-corrected chi connectivity index (χ0v) is 44.0. The molecule has 2 aliphatic rings. The smallest absolute Gasteiger partial charge is 0.443 e. The first kappa shape index (κ1) is 58.8. The van der Waals surface area contributed by atoms with E-state index in [9.17, 15) is 66.1 Å². The summed E-state index contributed by atoms with van der Waals surface area (Å²) in [7, 11) is -13.9. The number of benzene rings is 2. The topological polar surface area (TPSA) is 242 Å². The SMILES string of the molecule is CC(C)(COP(=O)(O)O)C(=O)OCN(c1nn(CC(F)(F)F)c2c(-c3ccc(C#CC(C)(C)S(C)(=O)=O)nc3[C@H](Cc3cc(F)cc(F)c3)NC(=O)Cn3nc(C(F)(F)F)c4c3C(F)(F)[C@@H]3C[C@H]43)ccc(Cl)c12)S(C)(=O)=O. The van der Waals surface area contributed by atoms with Crippen LogP contribution in [0.2, 0.25) is 5.02 Å². The molecule has 5 aromatic rings. The Balaban J connectivity index is 1.45. The van der Waals surface area contributed by atoms with Crippen LogP contribution in [0, 0.1) is 34.8 Å². The number of sulfonamides is 1. The number of sulfone groups is 1. The van der Waals surface area contributed by atoms with Crippen molar-refractivity contribution in [3.8, 4) is 23.0 Å². The summed E-state index contributed by atoms with van der Waals surface area (Å²) < 4.78 is 220. The van der Waals surface area contributed by atoms with Crippen LogP contribution in [0.3, 0.4) is 0 Å². The number of halogens is 11. The number of hydrogen-bond acceptors (Lipinski definition) is 12. The Kier molecular flexibility index (Phi) is 15.4. The van der Waals surface area contributed by atoms with E-state index in [1.807, 2.05) is 0 Å². The number of hydrogen-bond donors (Lipinski definition) is 3. The van der Waals surface area contributed by atoms with Crippen LogP contribution < -0.4 is 9.62 Å². The molecule has 1 saturated carbocycles. The second-order valence-corrected chi connectivity index (χ2v) is 25.5. The maximum atomic E-state index is 15.6. The Morgan fingerprint density at radius 2 is 1.58 bits per heavy atom. The van der Waals surface area contributed by atoms with Crippen LogP contribution in [0.4, 0.5) is 49.7 Å². The molecule has 18 nitrogen and oxygen atoms in total. The van der Waals surface area contributed by atoms with Crippen LogP contribution >= 0.6 is 19.4 Å². The van der Waals surface area contributed by atoms with Gasteiger partial charge >= 0.3 is 26.1 Å². The van der Waals surface area contributed by atoms with Gasteiger partial charge in [0.25, 0.3) is 5.92 Å². The Morgan fingerprint density at radius 3 is 2.16 bits per heavy atom. The number of ether oxygens (including phenoxy) is 1. The molecule has 418 valence electrons. The monoisotopic (exact) mass is 1180 g/mol. The van der Waals surface area contributed by atoms with Crippen LogP contribution in [0.5, 0.6) is 0 Å². The number of phosphoric acid groups is 1. The number of carbonyl (C=O) groups is 2. The van der Waals surface area contributed by atoms with Gasteiger partial charge in [-0.25, -0.2) is 39.5 Å². The summed E-state index contributed by atoms with van der Waals surface area (Å²) >= 11 is 6.66. The van der Waals surface area contributed by atoms with E-state index in [1.54, 1.807) is 0 Å². The fraction of sp³-hybridized carbons (Fsp3) is 0.444. The third kappa shape index (κ3) is 12.7. The minimum Gasteiger partial charge on any atom is -0.443 e. The molecule has 3 heterocycles. The maximum Gasteiger partial charge on any atom is 0.469 e. The predicted molar refractivity (Wildman–Crippen MR) is 253 cm³/mol. The van der Waals surface area contributed by atoms with Gasteiger partial charge in [-0.05, 0) is 88.3 Å². The van der Waals surface area contributed by atoms with Crippen LogP contribution in [-0.4, -0.2) is 99.8 Å². The first-order chi connectivity index (χ1) is 35.1. The third-order valence-electron chi connectivity index (χ3n) is 12.4. The van der Waals surface area contributed by atoms with Gasteiger partial charge < -0.3 is 19.8 Å². The van der Waals surface area contributed by atoms with Crippen molar-refractivity contribution in [3.05, 3.63) is 93.0 Å². The van der Waals surface area contributed by atoms with Gasteiger partial charge in [0.2, 0.25) is 15.9 Å². The summed E-state index contributed by atoms with van der Waals surface area (Å²) in [5.74, 6) is -7.49. The average Bonchev–Trinajstić information content (AvgIpc) is 3.78. The highest BCUT2D eigenvalue weighted by molar-refractivity contribution is 7.92. The number of nitrogens with zero attached hydrogens (tertiary/aromatic N) is 6. The molecule has 0 aliphatic heterocycles. The molecule has 1 amide bonds. The number of esters is 1. The number of fused-ring (bicyclic) bond motifs is 4. The van der Waals surface area contributed by atoms with Gasteiger partial charge in [-0.1, -0.05) is 23.6 Å². The summed E-state index contributed by atoms with van der Waals surface area (Å²) in [6.45, 7) is -1.05. The highest BCUT2D eigenvalue weighted by Crippen LogP contribution is 2.68. The number of phosphoric ester groups is 1. The first-order valence-electron chi connectivity index (χ1n) is 22.2. The summed E-state index contributed by atoms with van der Waals surface area (Å²) in [4.78, 5) is 50.2. The van der Waals surface area contributed by atoms with Crippen LogP contribution in [0.25, 0.3) is 22.0 Å². The molecular formula is C45H43ClF10N7O11PS2. The Bertz CT molecular complexity index is 3550. The van der Waals surface area contributed by atoms with Crippen molar-refractivity contribution in [2.45, 2.75) is 88.6 Å². The fourth-order valence-electron chi connectivity index (χ4n) is 8.36. The molecule has 3 atom stereocenters. The van der Waals surface area contributed by atoms with Gasteiger partial charge in [-0.2, -0.15) is 45.3 Å². The molecule has 2 aliphatic carbocycles. The van der Waals surface area contributed by atoms with Crippen molar-refractivity contribution in [3.63, 3.8) is 0 Å². The number of nitrogens with one attached hydrogen (secondary N) is 1. The number of carbonyl (C=O) groups excluding carboxylic acids is 2. The zero-order valence-electron chi connectivity index (χ0n) is 40.7. The van der Waals surface area contributed by atoms with Gasteiger partial charge in [-0.15, -0.1) is 0 Å². The highest BCUT2D eigenvalue weighted by Gasteiger charge is 2.68. The molecular weight excluding hydrogens is 1140 g/mol. The Morgan fingerprint density at radius 1 is 0.961 bits per heavy atom. The lowest BCUT2D eigenvalue weighted by Crippen LogP contribution is -2.38. The molecule has 0 spiro atoms.